The van der Waals surface area contributed by atoms with Crippen molar-refractivity contribution in [1.82, 2.24) is 9.78 Å². The molecule has 1 saturated carbocycles. The number of aromatic nitrogens is 2. The third-order valence-electron chi connectivity index (χ3n) is 3.69. The first-order valence-corrected chi connectivity index (χ1v) is 6.25. The van der Waals surface area contributed by atoms with E-state index in [1.807, 2.05) is 11.7 Å². The van der Waals surface area contributed by atoms with Crippen molar-refractivity contribution < 1.29 is 5.11 Å². The van der Waals surface area contributed by atoms with Gasteiger partial charge in [-0.2, -0.15) is 5.10 Å². The fraction of sp³-hybridized carbons (Fsp3) is 0.769. The molecule has 3 nitrogen and oxygen atoms in total. The van der Waals surface area contributed by atoms with Gasteiger partial charge < -0.3 is 5.11 Å². The predicted molar refractivity (Wildman–Crippen MR) is 64.4 cm³/mol. The summed E-state index contributed by atoms with van der Waals surface area (Å²) < 4.78 is 1.93. The van der Waals surface area contributed by atoms with Gasteiger partial charge in [-0.1, -0.05) is 12.8 Å². The maximum atomic E-state index is 9.88. The average Bonchev–Trinajstić information content (AvgIpc) is 2.97. The highest BCUT2D eigenvalue weighted by molar-refractivity contribution is 5.24. The normalized spacial score (nSPS) is 17.8. The summed E-state index contributed by atoms with van der Waals surface area (Å²) in [7, 11) is 1.98. The molecule has 1 aliphatic carbocycles. The summed E-state index contributed by atoms with van der Waals surface area (Å²) in [6, 6.07) is 0. The van der Waals surface area contributed by atoms with Crippen LogP contribution in [0.25, 0.3) is 0 Å². The third-order valence-corrected chi connectivity index (χ3v) is 3.69. The number of aryl methyl sites for hydroxylation is 2. The maximum absolute atomic E-state index is 9.88. The lowest BCUT2D eigenvalue weighted by atomic mass is 10.0. The van der Waals surface area contributed by atoms with E-state index in [0.29, 0.717) is 0 Å². The molecule has 90 valence electrons. The molecule has 0 amide bonds. The molecule has 0 saturated heterocycles. The largest absolute Gasteiger partial charge is 0.393 e. The monoisotopic (exact) mass is 222 g/mol. The molecule has 0 radical (unpaired) electrons. The van der Waals surface area contributed by atoms with Crippen molar-refractivity contribution in [3.8, 4) is 0 Å². The molecule has 1 aromatic heterocycles. The van der Waals surface area contributed by atoms with Crippen LogP contribution in [0.15, 0.2) is 0 Å². The minimum absolute atomic E-state index is 0.119. The highest BCUT2D eigenvalue weighted by atomic mass is 16.3. The van der Waals surface area contributed by atoms with E-state index in [2.05, 4.69) is 18.9 Å². The minimum Gasteiger partial charge on any atom is -0.393 e. The first-order valence-electron chi connectivity index (χ1n) is 6.25. The van der Waals surface area contributed by atoms with Crippen LogP contribution in [-0.4, -0.2) is 21.0 Å². The van der Waals surface area contributed by atoms with Gasteiger partial charge in [0.2, 0.25) is 0 Å². The Morgan fingerprint density at radius 1 is 1.44 bits per heavy atom. The second-order valence-electron chi connectivity index (χ2n) is 5.14. The van der Waals surface area contributed by atoms with E-state index in [4.69, 9.17) is 0 Å². The summed E-state index contributed by atoms with van der Waals surface area (Å²) >= 11 is 0. The summed E-state index contributed by atoms with van der Waals surface area (Å²) in [6.07, 6.45) is 5.36. The van der Waals surface area contributed by atoms with Gasteiger partial charge in [-0.05, 0) is 44.6 Å². The van der Waals surface area contributed by atoms with Crippen LogP contribution >= 0.6 is 0 Å². The van der Waals surface area contributed by atoms with Crippen LogP contribution in [0.2, 0.25) is 0 Å². The van der Waals surface area contributed by atoms with Crippen LogP contribution in [0.5, 0.6) is 0 Å². The van der Waals surface area contributed by atoms with E-state index in [0.717, 1.165) is 30.9 Å². The van der Waals surface area contributed by atoms with Crippen LogP contribution in [0.4, 0.5) is 0 Å². The quantitative estimate of drug-likeness (QED) is 0.828. The Morgan fingerprint density at radius 2 is 2.12 bits per heavy atom. The van der Waals surface area contributed by atoms with Gasteiger partial charge in [-0.15, -0.1) is 0 Å². The van der Waals surface area contributed by atoms with Crippen molar-refractivity contribution in [2.45, 2.75) is 52.1 Å². The zero-order chi connectivity index (χ0) is 11.7. The van der Waals surface area contributed by atoms with Crippen molar-refractivity contribution in [3.05, 3.63) is 17.0 Å². The number of aliphatic hydroxyl groups excluding tert-OH is 1. The number of hydrogen-bond acceptors (Lipinski definition) is 2. The maximum Gasteiger partial charge on any atom is 0.0628 e. The van der Waals surface area contributed by atoms with Crippen LogP contribution in [-0.2, 0) is 13.5 Å². The predicted octanol–water partition coefficient (Wildman–Crippen LogP) is 2.13. The first-order chi connectivity index (χ1) is 7.58. The van der Waals surface area contributed by atoms with Crippen LogP contribution in [0, 0.1) is 19.8 Å². The van der Waals surface area contributed by atoms with Crippen LogP contribution < -0.4 is 0 Å². The molecule has 1 unspecified atom stereocenters. The van der Waals surface area contributed by atoms with Gasteiger partial charge in [0.05, 0.1) is 11.8 Å². The summed E-state index contributed by atoms with van der Waals surface area (Å²) in [4.78, 5) is 0. The van der Waals surface area contributed by atoms with Gasteiger partial charge in [0.1, 0.15) is 0 Å². The summed E-state index contributed by atoms with van der Waals surface area (Å²) in [5.74, 6) is 0.811. The summed E-state index contributed by atoms with van der Waals surface area (Å²) in [5, 5.41) is 14.3. The highest BCUT2D eigenvalue weighted by Crippen LogP contribution is 2.34. The SMILES string of the molecule is Cc1nn(C)c(C)c1CCC(O)CC1CC1. The lowest BCUT2D eigenvalue weighted by Gasteiger charge is -2.09. The molecule has 1 heterocycles. The Balaban J connectivity index is 1.87. The zero-order valence-corrected chi connectivity index (χ0v) is 10.5. The number of aliphatic hydroxyl groups is 1. The Kier molecular flexibility index (Phi) is 3.33. The minimum atomic E-state index is -0.119. The molecule has 0 aliphatic heterocycles. The standard InChI is InChI=1S/C13H22N2O/c1-9-13(10(2)15(3)14-9)7-6-12(16)8-11-4-5-11/h11-12,16H,4-8H2,1-3H3. The number of nitrogens with zero attached hydrogens (tertiary/aromatic N) is 2. The molecular formula is C13H22N2O. The molecule has 0 bridgehead atoms. The van der Waals surface area contributed by atoms with Gasteiger partial charge in [0, 0.05) is 12.7 Å². The smallest absolute Gasteiger partial charge is 0.0628 e. The molecule has 0 aromatic carbocycles. The lowest BCUT2D eigenvalue weighted by molar-refractivity contribution is 0.148. The van der Waals surface area contributed by atoms with E-state index in [-0.39, 0.29) is 6.10 Å². The molecule has 2 rings (SSSR count). The Bertz CT molecular complexity index is 366. The lowest BCUT2D eigenvalue weighted by Crippen LogP contribution is -2.09. The van der Waals surface area contributed by atoms with Crippen LogP contribution in [0.1, 0.15) is 42.6 Å². The third kappa shape index (κ3) is 2.64. The number of hydrogen-bond donors (Lipinski definition) is 1. The van der Waals surface area contributed by atoms with Crippen molar-refractivity contribution in [1.29, 1.82) is 0 Å². The second-order valence-corrected chi connectivity index (χ2v) is 5.14. The van der Waals surface area contributed by atoms with Gasteiger partial charge in [-0.3, -0.25) is 4.68 Å². The van der Waals surface area contributed by atoms with Crippen molar-refractivity contribution in [2.75, 3.05) is 0 Å². The molecule has 0 spiro atoms. The molecule has 1 aliphatic rings. The second kappa shape index (κ2) is 4.58. The summed E-state index contributed by atoms with van der Waals surface area (Å²) in [5.41, 5.74) is 3.66. The first kappa shape index (κ1) is 11.6. The Labute approximate surface area is 97.5 Å². The molecular weight excluding hydrogens is 200 g/mol. The Hall–Kier alpha value is -0.830. The summed E-state index contributed by atoms with van der Waals surface area (Å²) in [6.45, 7) is 4.15. The van der Waals surface area contributed by atoms with Gasteiger partial charge in [0.25, 0.3) is 0 Å². The van der Waals surface area contributed by atoms with E-state index in [1.54, 1.807) is 0 Å². The van der Waals surface area contributed by atoms with Gasteiger partial charge in [-0.25, -0.2) is 0 Å². The molecule has 1 fully saturated rings. The number of rotatable bonds is 5. The van der Waals surface area contributed by atoms with Crippen molar-refractivity contribution >= 4 is 0 Å². The van der Waals surface area contributed by atoms with Crippen molar-refractivity contribution in [3.63, 3.8) is 0 Å². The van der Waals surface area contributed by atoms with E-state index in [1.165, 1.54) is 24.1 Å². The molecule has 16 heavy (non-hydrogen) atoms. The topological polar surface area (TPSA) is 38.0 Å². The van der Waals surface area contributed by atoms with E-state index >= 15 is 0 Å². The van der Waals surface area contributed by atoms with Crippen molar-refractivity contribution in [2.24, 2.45) is 13.0 Å². The fourth-order valence-corrected chi connectivity index (χ4v) is 2.35. The zero-order valence-electron chi connectivity index (χ0n) is 10.5. The molecule has 1 aromatic rings. The van der Waals surface area contributed by atoms with Gasteiger partial charge >= 0.3 is 0 Å². The average molecular weight is 222 g/mol. The Morgan fingerprint density at radius 3 is 2.62 bits per heavy atom. The molecule has 3 heteroatoms. The van der Waals surface area contributed by atoms with Crippen LogP contribution in [0.3, 0.4) is 0 Å². The fourth-order valence-electron chi connectivity index (χ4n) is 2.35. The van der Waals surface area contributed by atoms with E-state index in [9.17, 15) is 5.11 Å². The van der Waals surface area contributed by atoms with E-state index < -0.39 is 0 Å². The molecule has 1 N–H and O–H groups in total. The van der Waals surface area contributed by atoms with Gasteiger partial charge in [0.15, 0.2) is 0 Å². The molecule has 1 atom stereocenters. The highest BCUT2D eigenvalue weighted by Gasteiger charge is 2.24.